The molecule has 0 radical (unpaired) electrons. The first kappa shape index (κ1) is 27.3. The number of likely N-dealkylation sites (N-methyl/N-ethyl adjacent to an activating group) is 1. The van der Waals surface area contributed by atoms with Crippen molar-refractivity contribution in [3.63, 3.8) is 0 Å². The molecule has 2 aromatic heterocycles. The fourth-order valence-corrected chi connectivity index (χ4v) is 8.97. The minimum absolute atomic E-state index is 0.164. The molecule has 6 rings (SSSR count). The highest BCUT2D eigenvalue weighted by molar-refractivity contribution is 7.30. The fourth-order valence-electron chi connectivity index (χ4n) is 6.78. The second-order valence-corrected chi connectivity index (χ2v) is 14.7. The lowest BCUT2D eigenvalue weighted by molar-refractivity contribution is -0.125. The van der Waals surface area contributed by atoms with E-state index in [-0.39, 0.29) is 18.0 Å². The summed E-state index contributed by atoms with van der Waals surface area (Å²) < 4.78 is 2.27. The molecule has 3 amide bonds. The molecule has 3 heterocycles. The van der Waals surface area contributed by atoms with E-state index >= 15 is 0 Å². The molecule has 3 aliphatic rings. The predicted octanol–water partition coefficient (Wildman–Crippen LogP) is 9.63. The van der Waals surface area contributed by atoms with Gasteiger partial charge >= 0.3 is 6.03 Å². The van der Waals surface area contributed by atoms with Crippen molar-refractivity contribution >= 4 is 60.8 Å². The summed E-state index contributed by atoms with van der Waals surface area (Å²) in [6, 6.07) is 10.8. The number of hydrogen-bond acceptors (Lipinski definition) is 6. The molecule has 2 fully saturated rings. The Hall–Kier alpha value is -2.84. The molecule has 210 valence electrons. The van der Waals surface area contributed by atoms with Crippen molar-refractivity contribution in [2.45, 2.75) is 84.1 Å². The van der Waals surface area contributed by atoms with Gasteiger partial charge in [0.15, 0.2) is 0 Å². The van der Waals surface area contributed by atoms with E-state index in [2.05, 4.69) is 68.3 Å². The topological polar surface area (TPSA) is 65.3 Å². The van der Waals surface area contributed by atoms with Crippen molar-refractivity contribution in [3.05, 3.63) is 51.9 Å². The van der Waals surface area contributed by atoms with Gasteiger partial charge in [0.25, 0.3) is 5.91 Å². The van der Waals surface area contributed by atoms with Gasteiger partial charge in [-0.3, -0.25) is 9.69 Å². The number of carbonyl (C=O) groups is 2. The van der Waals surface area contributed by atoms with Crippen molar-refractivity contribution in [1.29, 1.82) is 0 Å². The number of imide groups is 1. The van der Waals surface area contributed by atoms with Crippen molar-refractivity contribution in [1.82, 2.24) is 9.80 Å². The van der Waals surface area contributed by atoms with Crippen LogP contribution in [0.3, 0.4) is 0 Å². The molecule has 1 aliphatic heterocycles. The van der Waals surface area contributed by atoms with Crippen LogP contribution in [0.5, 0.6) is 0 Å². The van der Waals surface area contributed by atoms with E-state index in [4.69, 9.17) is 0 Å². The Morgan fingerprint density at radius 1 is 0.950 bits per heavy atom. The van der Waals surface area contributed by atoms with Crippen LogP contribution < -0.4 is 0 Å². The monoisotopic (exact) mass is 574 g/mol. The summed E-state index contributed by atoms with van der Waals surface area (Å²) >= 11 is 3.27. The van der Waals surface area contributed by atoms with Gasteiger partial charge in [-0.1, -0.05) is 53.0 Å². The smallest absolute Gasteiger partial charge is 0.317 e. The molecule has 2 unspecified atom stereocenters. The molecule has 2 atom stereocenters. The molecule has 3 aromatic rings. The average Bonchev–Trinajstić information content (AvgIpc) is 3.49. The molecule has 0 spiro atoms. The molecule has 8 heteroatoms. The van der Waals surface area contributed by atoms with E-state index in [0.29, 0.717) is 29.4 Å². The first-order valence-corrected chi connectivity index (χ1v) is 16.1. The number of nitrogens with zero attached hydrogens (tertiary/aromatic N) is 4. The van der Waals surface area contributed by atoms with E-state index in [1.54, 1.807) is 29.7 Å². The standard InChI is InChI=1S/C32H38N4O2S2/c1-19-17-32(3,4)20(2)25-12-11-22(14-26(19)25)33-34-29-16-28-27(40-29)15-24(39-28)13-21-18-36(23-9-7-6-8-10-23)31(38)35(5)30(21)37/h11-16,19-20,23H,6-10,17-18H2,1-5H3/b21-13-,34-33?. The summed E-state index contributed by atoms with van der Waals surface area (Å²) in [6.45, 7) is 9.79. The lowest BCUT2D eigenvalue weighted by Gasteiger charge is -2.41. The quantitative estimate of drug-likeness (QED) is 0.230. The van der Waals surface area contributed by atoms with E-state index < -0.39 is 0 Å². The Morgan fingerprint density at radius 2 is 1.70 bits per heavy atom. The van der Waals surface area contributed by atoms with Crippen molar-refractivity contribution in [3.8, 4) is 0 Å². The number of hydrogen-bond donors (Lipinski definition) is 0. The first-order valence-electron chi connectivity index (χ1n) is 14.5. The second-order valence-electron chi connectivity index (χ2n) is 12.5. The number of urea groups is 1. The average molecular weight is 575 g/mol. The molecule has 6 nitrogen and oxygen atoms in total. The van der Waals surface area contributed by atoms with Crippen LogP contribution in [-0.2, 0) is 4.79 Å². The lowest BCUT2D eigenvalue weighted by atomic mass is 9.63. The molecule has 1 saturated carbocycles. The molecule has 1 aromatic carbocycles. The maximum absolute atomic E-state index is 12.9. The summed E-state index contributed by atoms with van der Waals surface area (Å²) in [4.78, 5) is 30.0. The van der Waals surface area contributed by atoms with Crippen LogP contribution in [0.2, 0.25) is 0 Å². The highest BCUT2D eigenvalue weighted by Gasteiger charge is 2.38. The van der Waals surface area contributed by atoms with E-state index in [0.717, 1.165) is 50.6 Å². The number of rotatable bonds is 4. The SMILES string of the molecule is CC1CC(C)(C)C(C)c2ccc(N=Nc3cc4sc(/C=C5/CN(C6CCCCC6)C(=O)N(C)C5=O)cc4s3)cc21. The van der Waals surface area contributed by atoms with E-state index in [1.165, 1.54) is 28.9 Å². The molecular weight excluding hydrogens is 537 g/mol. The van der Waals surface area contributed by atoms with Gasteiger partial charge < -0.3 is 4.90 Å². The van der Waals surface area contributed by atoms with Crippen LogP contribution >= 0.6 is 22.7 Å². The maximum Gasteiger partial charge on any atom is 0.327 e. The summed E-state index contributed by atoms with van der Waals surface area (Å²) in [6.07, 6.45) is 8.72. The van der Waals surface area contributed by atoms with Crippen LogP contribution in [0.15, 0.2) is 46.1 Å². The minimum Gasteiger partial charge on any atom is -0.317 e. The zero-order valence-electron chi connectivity index (χ0n) is 24.1. The first-order chi connectivity index (χ1) is 19.1. The van der Waals surface area contributed by atoms with Crippen LogP contribution in [0.1, 0.15) is 94.1 Å². The van der Waals surface area contributed by atoms with Gasteiger partial charge in [-0.2, -0.15) is 0 Å². The van der Waals surface area contributed by atoms with Crippen LogP contribution in [-0.4, -0.2) is 41.4 Å². The summed E-state index contributed by atoms with van der Waals surface area (Å²) in [7, 11) is 1.60. The van der Waals surface area contributed by atoms with Gasteiger partial charge in [-0.25, -0.2) is 4.79 Å². The van der Waals surface area contributed by atoms with E-state index in [9.17, 15) is 9.59 Å². The zero-order chi connectivity index (χ0) is 28.2. The maximum atomic E-state index is 12.9. The molecule has 2 aliphatic carbocycles. The zero-order valence-corrected chi connectivity index (χ0v) is 25.7. The van der Waals surface area contributed by atoms with Crippen molar-refractivity contribution in [2.75, 3.05) is 13.6 Å². The van der Waals surface area contributed by atoms with E-state index in [1.807, 2.05) is 11.0 Å². The Kier molecular flexibility index (Phi) is 7.20. The highest BCUT2D eigenvalue weighted by atomic mass is 32.1. The Balaban J connectivity index is 1.19. The Bertz CT molecular complexity index is 1490. The largest absolute Gasteiger partial charge is 0.327 e. The summed E-state index contributed by atoms with van der Waals surface area (Å²) in [5.74, 6) is 0.846. The molecule has 40 heavy (non-hydrogen) atoms. The van der Waals surface area contributed by atoms with Crippen LogP contribution in [0.4, 0.5) is 15.5 Å². The van der Waals surface area contributed by atoms with Crippen molar-refractivity contribution < 1.29 is 9.59 Å². The number of amides is 3. The van der Waals surface area contributed by atoms with Gasteiger partial charge in [-0.05, 0) is 78.0 Å². The minimum atomic E-state index is -0.194. The second kappa shape index (κ2) is 10.5. The summed E-state index contributed by atoms with van der Waals surface area (Å²) in [5, 5.41) is 10.0. The molecule has 1 saturated heterocycles. The number of azo groups is 1. The number of thiophene rings is 2. The number of fused-ring (bicyclic) bond motifs is 2. The van der Waals surface area contributed by atoms with Gasteiger partial charge in [0.1, 0.15) is 5.00 Å². The van der Waals surface area contributed by atoms with Crippen molar-refractivity contribution in [2.24, 2.45) is 15.6 Å². The van der Waals surface area contributed by atoms with Gasteiger partial charge in [-0.15, -0.1) is 32.9 Å². The van der Waals surface area contributed by atoms with Crippen LogP contribution in [0.25, 0.3) is 15.5 Å². The highest BCUT2D eigenvalue weighted by Crippen LogP contribution is 2.50. The number of benzene rings is 1. The van der Waals surface area contributed by atoms with Crippen LogP contribution in [0, 0.1) is 5.41 Å². The molecule has 0 bridgehead atoms. The fraction of sp³-hybridized carbons (Fsp3) is 0.500. The number of carbonyl (C=O) groups excluding carboxylic acids is 2. The third-order valence-corrected chi connectivity index (χ3v) is 11.5. The van der Waals surface area contributed by atoms with Gasteiger partial charge in [0.05, 0.1) is 12.2 Å². The van der Waals surface area contributed by atoms with Gasteiger partial charge in [0.2, 0.25) is 0 Å². The predicted molar refractivity (Wildman–Crippen MR) is 165 cm³/mol. The van der Waals surface area contributed by atoms with Gasteiger partial charge in [0, 0.05) is 32.9 Å². The normalized spacial score (nSPS) is 25.0. The molecule has 0 N–H and O–H groups in total. The molecular formula is C32H38N4O2S2. The summed E-state index contributed by atoms with van der Waals surface area (Å²) in [5.41, 5.74) is 4.73. The lowest BCUT2D eigenvalue weighted by Crippen LogP contribution is -2.55. The third-order valence-electron chi connectivity index (χ3n) is 9.33. The Morgan fingerprint density at radius 3 is 2.45 bits per heavy atom. The third kappa shape index (κ3) is 5.05. The Labute approximate surface area is 244 Å².